The van der Waals surface area contributed by atoms with Crippen LogP contribution < -0.4 is 5.32 Å². The molecule has 3 rings (SSSR count). The summed E-state index contributed by atoms with van der Waals surface area (Å²) < 4.78 is 0. The summed E-state index contributed by atoms with van der Waals surface area (Å²) in [5.41, 5.74) is 1.44. The maximum atomic E-state index is 12.2. The molecule has 2 N–H and O–H groups in total. The number of fused-ring (bicyclic) bond motifs is 1. The van der Waals surface area contributed by atoms with Gasteiger partial charge in [0.25, 0.3) is 5.91 Å². The Hall–Kier alpha value is -2.28. The van der Waals surface area contributed by atoms with E-state index in [0.717, 1.165) is 5.56 Å². The first-order valence-electron chi connectivity index (χ1n) is 7.07. The predicted molar refractivity (Wildman–Crippen MR) is 85.2 cm³/mol. The fraction of sp³-hybridized carbons (Fsp3) is 0.250. The molecule has 1 unspecified atom stereocenters. The Bertz CT molecular complexity index is 701. The number of carboxylic acids is 1. The van der Waals surface area contributed by atoms with E-state index < -0.39 is 12.0 Å². The number of hydrogen-bond donors (Lipinski definition) is 2. The molecular formula is C16H15N2O4S. The molecule has 2 heterocycles. The standard InChI is InChI=1S/C16H15N2O4S/c1-9-8-23-15-12(14(20)18(15)13(9)16(21)22)17-11(19)7-10-5-3-2-4-6-10/h2-7,12,15H,8H2,1H3,(H,17,19)(H,21,22)/t12?,15-/m1/s1. The number of thioether (sulfide) groups is 1. The number of rotatable bonds is 4. The van der Waals surface area contributed by atoms with Crippen molar-refractivity contribution in [3.63, 3.8) is 0 Å². The van der Waals surface area contributed by atoms with Crippen molar-refractivity contribution in [1.82, 2.24) is 10.2 Å². The zero-order chi connectivity index (χ0) is 16.6. The van der Waals surface area contributed by atoms with Crippen molar-refractivity contribution in [2.75, 3.05) is 5.75 Å². The number of nitrogens with zero attached hydrogens (tertiary/aromatic N) is 1. The van der Waals surface area contributed by atoms with Gasteiger partial charge in [0.1, 0.15) is 17.1 Å². The van der Waals surface area contributed by atoms with Crippen LogP contribution in [0.15, 0.2) is 41.6 Å². The largest absolute Gasteiger partial charge is 0.477 e. The molecule has 6 nitrogen and oxygen atoms in total. The maximum Gasteiger partial charge on any atom is 0.352 e. The van der Waals surface area contributed by atoms with Crippen molar-refractivity contribution >= 4 is 29.5 Å². The molecule has 1 radical (unpaired) electrons. The van der Waals surface area contributed by atoms with Gasteiger partial charge in [-0.2, -0.15) is 0 Å². The lowest BCUT2D eigenvalue weighted by molar-refractivity contribution is -0.150. The fourth-order valence-electron chi connectivity index (χ4n) is 2.67. The summed E-state index contributed by atoms with van der Waals surface area (Å²) in [5, 5.41) is 11.6. The summed E-state index contributed by atoms with van der Waals surface area (Å²) in [6, 6.07) is 8.38. The van der Waals surface area contributed by atoms with Crippen molar-refractivity contribution in [3.05, 3.63) is 53.6 Å². The van der Waals surface area contributed by atoms with Crippen LogP contribution in [0, 0.1) is 6.42 Å². The molecule has 0 bridgehead atoms. The van der Waals surface area contributed by atoms with E-state index in [-0.39, 0.29) is 22.9 Å². The summed E-state index contributed by atoms with van der Waals surface area (Å²) in [5.74, 6) is -1.32. The molecule has 0 aromatic heterocycles. The van der Waals surface area contributed by atoms with Gasteiger partial charge in [-0.15, -0.1) is 11.8 Å². The van der Waals surface area contributed by atoms with Crippen molar-refractivity contribution in [2.45, 2.75) is 18.3 Å². The van der Waals surface area contributed by atoms with E-state index in [2.05, 4.69) is 5.32 Å². The van der Waals surface area contributed by atoms with E-state index in [0.29, 0.717) is 11.3 Å². The van der Waals surface area contributed by atoms with Crippen molar-refractivity contribution < 1.29 is 19.5 Å². The van der Waals surface area contributed by atoms with E-state index in [9.17, 15) is 19.5 Å². The fourth-order valence-corrected chi connectivity index (χ4v) is 3.96. The van der Waals surface area contributed by atoms with Crippen molar-refractivity contribution in [3.8, 4) is 0 Å². The number of β-lactam (4-membered cyclic amide) rings is 1. The molecule has 1 aromatic rings. The third-order valence-electron chi connectivity index (χ3n) is 3.76. The Morgan fingerprint density at radius 1 is 1.35 bits per heavy atom. The summed E-state index contributed by atoms with van der Waals surface area (Å²) in [6.45, 7) is 1.70. The second kappa shape index (κ2) is 6.08. The number of aliphatic carboxylic acids is 1. The second-order valence-electron chi connectivity index (χ2n) is 5.39. The quantitative estimate of drug-likeness (QED) is 0.804. The van der Waals surface area contributed by atoms with Gasteiger partial charge in [0.2, 0.25) is 5.91 Å². The third kappa shape index (κ3) is 2.84. The smallest absolute Gasteiger partial charge is 0.352 e. The minimum Gasteiger partial charge on any atom is -0.477 e. The van der Waals surface area contributed by atoms with E-state index in [1.165, 1.54) is 23.1 Å². The molecule has 1 fully saturated rings. The van der Waals surface area contributed by atoms with Gasteiger partial charge in [-0.1, -0.05) is 30.3 Å². The lowest BCUT2D eigenvalue weighted by Crippen LogP contribution is -2.70. The summed E-state index contributed by atoms with van der Waals surface area (Å²) in [4.78, 5) is 36.9. The van der Waals surface area contributed by atoms with Crippen LogP contribution in [0.4, 0.5) is 0 Å². The van der Waals surface area contributed by atoms with Gasteiger partial charge in [0.15, 0.2) is 0 Å². The molecule has 2 aliphatic rings. The first kappa shape index (κ1) is 15.6. The average molecular weight is 331 g/mol. The maximum absolute atomic E-state index is 12.2. The molecule has 2 aliphatic heterocycles. The predicted octanol–water partition coefficient (Wildman–Crippen LogP) is 0.997. The number of nitrogens with one attached hydrogen (secondary N) is 1. The van der Waals surface area contributed by atoms with Gasteiger partial charge in [-0.25, -0.2) is 4.79 Å². The number of carbonyl (C=O) groups excluding carboxylic acids is 2. The Balaban J connectivity index is 1.67. The molecule has 1 aromatic carbocycles. The van der Waals surface area contributed by atoms with Crippen LogP contribution in [-0.4, -0.2) is 45.0 Å². The highest BCUT2D eigenvalue weighted by atomic mass is 32.2. The van der Waals surface area contributed by atoms with Gasteiger partial charge in [-0.05, 0) is 18.1 Å². The SMILES string of the molecule is CC1=C(C(=O)O)N2C(=O)C(NC(=O)[CH]c3ccccc3)[C@H]2SC1. The normalized spacial score (nSPS) is 23.2. The molecule has 0 spiro atoms. The van der Waals surface area contributed by atoms with Crippen LogP contribution in [0.5, 0.6) is 0 Å². The molecule has 7 heteroatoms. The van der Waals surface area contributed by atoms with Gasteiger partial charge in [-0.3, -0.25) is 14.5 Å². The van der Waals surface area contributed by atoms with Crippen LogP contribution in [0.1, 0.15) is 12.5 Å². The van der Waals surface area contributed by atoms with Gasteiger partial charge >= 0.3 is 5.97 Å². The highest BCUT2D eigenvalue weighted by Gasteiger charge is 2.53. The average Bonchev–Trinajstić information content (AvgIpc) is 2.53. The molecular weight excluding hydrogens is 316 g/mol. The Kier molecular flexibility index (Phi) is 4.12. The third-order valence-corrected chi connectivity index (χ3v) is 5.18. The highest BCUT2D eigenvalue weighted by molar-refractivity contribution is 8.00. The number of carboxylic acid groups (broad SMARTS) is 1. The summed E-state index contributed by atoms with van der Waals surface area (Å²) in [7, 11) is 0. The van der Waals surface area contributed by atoms with E-state index in [4.69, 9.17) is 0 Å². The summed E-state index contributed by atoms with van der Waals surface area (Å²) >= 11 is 1.46. The Labute approximate surface area is 137 Å². The van der Waals surface area contributed by atoms with Crippen molar-refractivity contribution in [2.24, 2.45) is 0 Å². The number of hydrogen-bond acceptors (Lipinski definition) is 4. The lowest BCUT2D eigenvalue weighted by atomic mass is 10.0. The number of amides is 2. The van der Waals surface area contributed by atoms with Crippen LogP contribution >= 0.6 is 11.8 Å². The van der Waals surface area contributed by atoms with Crippen LogP contribution in [0.3, 0.4) is 0 Å². The summed E-state index contributed by atoms with van der Waals surface area (Å²) in [6.07, 6.45) is 1.42. The number of carbonyl (C=O) groups is 3. The van der Waals surface area contributed by atoms with Gasteiger partial charge in [0, 0.05) is 5.75 Å². The topological polar surface area (TPSA) is 86.7 Å². The van der Waals surface area contributed by atoms with Gasteiger partial charge < -0.3 is 10.4 Å². The first-order chi connectivity index (χ1) is 11.0. The monoisotopic (exact) mass is 331 g/mol. The number of benzene rings is 1. The Morgan fingerprint density at radius 2 is 2.04 bits per heavy atom. The minimum atomic E-state index is -1.11. The Morgan fingerprint density at radius 3 is 2.70 bits per heavy atom. The molecule has 2 amide bonds. The second-order valence-corrected chi connectivity index (χ2v) is 6.49. The highest BCUT2D eigenvalue weighted by Crippen LogP contribution is 2.40. The van der Waals surface area contributed by atoms with E-state index in [1.54, 1.807) is 19.1 Å². The van der Waals surface area contributed by atoms with Crippen LogP contribution in [0.2, 0.25) is 0 Å². The lowest BCUT2D eigenvalue weighted by Gasteiger charge is -2.49. The zero-order valence-electron chi connectivity index (χ0n) is 12.4. The van der Waals surface area contributed by atoms with Crippen LogP contribution in [0.25, 0.3) is 0 Å². The molecule has 23 heavy (non-hydrogen) atoms. The zero-order valence-corrected chi connectivity index (χ0v) is 13.2. The molecule has 2 atom stereocenters. The molecule has 119 valence electrons. The van der Waals surface area contributed by atoms with Crippen molar-refractivity contribution in [1.29, 1.82) is 0 Å². The molecule has 0 aliphatic carbocycles. The van der Waals surface area contributed by atoms with E-state index in [1.807, 2.05) is 18.2 Å². The minimum absolute atomic E-state index is 0.0382. The molecule has 1 saturated heterocycles. The van der Waals surface area contributed by atoms with Gasteiger partial charge in [0.05, 0.1) is 6.42 Å². The van der Waals surface area contributed by atoms with Crippen LogP contribution in [-0.2, 0) is 14.4 Å². The van der Waals surface area contributed by atoms with E-state index >= 15 is 0 Å². The molecule has 0 saturated carbocycles. The first-order valence-corrected chi connectivity index (χ1v) is 8.12.